The third kappa shape index (κ3) is 4.21. The molecule has 0 aliphatic carbocycles. The third-order valence-corrected chi connectivity index (χ3v) is 4.96. The van der Waals surface area contributed by atoms with Gasteiger partial charge in [-0.25, -0.2) is 0 Å². The van der Waals surface area contributed by atoms with E-state index in [9.17, 15) is 4.79 Å². The van der Waals surface area contributed by atoms with Crippen LogP contribution < -0.4 is 10.1 Å². The molecule has 0 unspecified atom stereocenters. The number of hydrogen-bond donors (Lipinski definition) is 1. The molecule has 6 heteroatoms. The fraction of sp³-hybridized carbons (Fsp3) is 0.0833. The van der Waals surface area contributed by atoms with Crippen molar-refractivity contribution in [2.24, 2.45) is 0 Å². The first kappa shape index (κ1) is 19.7. The van der Waals surface area contributed by atoms with Gasteiger partial charge in [-0.05, 0) is 31.2 Å². The molecule has 1 N–H and O–H groups in total. The fourth-order valence-electron chi connectivity index (χ4n) is 3.11. The van der Waals surface area contributed by atoms with Gasteiger partial charge >= 0.3 is 0 Å². The number of carbonyl (C=O) groups excluding carboxylic acids is 1. The lowest BCUT2D eigenvalue weighted by Crippen LogP contribution is -2.24. The number of halogens is 1. The van der Waals surface area contributed by atoms with E-state index >= 15 is 0 Å². The van der Waals surface area contributed by atoms with Gasteiger partial charge in [0.25, 0.3) is 5.91 Å². The van der Waals surface area contributed by atoms with Gasteiger partial charge < -0.3 is 14.6 Å². The van der Waals surface area contributed by atoms with Gasteiger partial charge in [-0.15, -0.1) is 0 Å². The predicted octanol–water partition coefficient (Wildman–Crippen LogP) is 6.03. The molecule has 0 saturated carbocycles. The molecule has 5 nitrogen and oxygen atoms in total. The number of benzene rings is 3. The number of aryl methyl sites for hydroxylation is 1. The number of nitrogens with one attached hydrogen (secondary N) is 1. The summed E-state index contributed by atoms with van der Waals surface area (Å²) in [5.74, 6) is 1.43. The molecule has 1 heterocycles. The van der Waals surface area contributed by atoms with Crippen LogP contribution in [0.4, 0.5) is 0 Å². The largest absolute Gasteiger partial charge is 0.457 e. The Balaban J connectivity index is 1.56. The first-order valence-electron chi connectivity index (χ1n) is 9.43. The van der Waals surface area contributed by atoms with Crippen molar-refractivity contribution in [3.63, 3.8) is 0 Å². The van der Waals surface area contributed by atoms with Crippen LogP contribution in [0.5, 0.6) is 11.5 Å². The summed E-state index contributed by atoms with van der Waals surface area (Å²) >= 11 is 6.40. The third-order valence-electron chi connectivity index (χ3n) is 4.61. The summed E-state index contributed by atoms with van der Waals surface area (Å²) in [6, 6.07) is 24.2. The minimum Gasteiger partial charge on any atom is -0.457 e. The molecule has 150 valence electrons. The second-order valence-electron chi connectivity index (χ2n) is 6.64. The van der Waals surface area contributed by atoms with Crippen molar-refractivity contribution >= 4 is 17.5 Å². The van der Waals surface area contributed by atoms with Gasteiger partial charge in [0.1, 0.15) is 28.5 Å². The van der Waals surface area contributed by atoms with Gasteiger partial charge in [0.2, 0.25) is 0 Å². The Morgan fingerprint density at radius 3 is 2.43 bits per heavy atom. The normalized spacial score (nSPS) is 10.6. The molecule has 0 aliphatic heterocycles. The average molecular weight is 419 g/mol. The van der Waals surface area contributed by atoms with Gasteiger partial charge in [-0.3, -0.25) is 4.79 Å². The lowest BCUT2D eigenvalue weighted by atomic mass is 10.1. The maximum Gasteiger partial charge on any atom is 0.257 e. The van der Waals surface area contributed by atoms with E-state index in [1.807, 2.05) is 72.8 Å². The van der Waals surface area contributed by atoms with Gasteiger partial charge in [0.15, 0.2) is 0 Å². The summed E-state index contributed by atoms with van der Waals surface area (Å²) in [5.41, 5.74) is 2.40. The van der Waals surface area contributed by atoms with E-state index in [2.05, 4.69) is 10.5 Å². The first-order chi connectivity index (χ1) is 14.6. The van der Waals surface area contributed by atoms with Gasteiger partial charge in [0, 0.05) is 22.7 Å². The maximum atomic E-state index is 13.0. The number of ether oxygens (including phenoxy) is 1. The van der Waals surface area contributed by atoms with Crippen LogP contribution in [-0.2, 0) is 6.54 Å². The Labute approximate surface area is 179 Å². The molecule has 0 aliphatic rings. The highest BCUT2D eigenvalue weighted by molar-refractivity contribution is 6.31. The van der Waals surface area contributed by atoms with Gasteiger partial charge in [0.05, 0.1) is 0 Å². The van der Waals surface area contributed by atoms with E-state index in [0.29, 0.717) is 39.1 Å². The van der Waals surface area contributed by atoms with Gasteiger partial charge in [-0.2, -0.15) is 0 Å². The second kappa shape index (κ2) is 8.84. The summed E-state index contributed by atoms with van der Waals surface area (Å²) in [6.45, 7) is 1.91. The number of carbonyl (C=O) groups is 1. The highest BCUT2D eigenvalue weighted by Crippen LogP contribution is 2.31. The van der Waals surface area contributed by atoms with Crippen LogP contribution in [0.15, 0.2) is 83.4 Å². The van der Waals surface area contributed by atoms with Crippen molar-refractivity contribution in [3.8, 4) is 22.8 Å². The lowest BCUT2D eigenvalue weighted by Gasteiger charge is -2.13. The van der Waals surface area contributed by atoms with Crippen LogP contribution >= 0.6 is 11.6 Å². The summed E-state index contributed by atoms with van der Waals surface area (Å²) in [5, 5.41) is 7.49. The highest BCUT2D eigenvalue weighted by atomic mass is 35.5. The Kier molecular flexibility index (Phi) is 5.82. The van der Waals surface area contributed by atoms with Crippen LogP contribution in [0.25, 0.3) is 11.3 Å². The van der Waals surface area contributed by atoms with E-state index in [0.717, 1.165) is 5.56 Å². The number of aromatic nitrogens is 1. The van der Waals surface area contributed by atoms with Crippen LogP contribution in [0.3, 0.4) is 0 Å². The fourth-order valence-corrected chi connectivity index (χ4v) is 3.34. The molecule has 4 aromatic rings. The molecule has 0 bridgehead atoms. The van der Waals surface area contributed by atoms with Crippen molar-refractivity contribution in [2.45, 2.75) is 13.5 Å². The minimum absolute atomic E-state index is 0.194. The topological polar surface area (TPSA) is 64.4 Å². The van der Waals surface area contributed by atoms with Gasteiger partial charge in [-0.1, -0.05) is 71.4 Å². The molecule has 0 atom stereocenters. The Morgan fingerprint density at radius 2 is 1.70 bits per heavy atom. The molecule has 0 spiro atoms. The summed E-state index contributed by atoms with van der Waals surface area (Å²) in [7, 11) is 0. The molecule has 0 fully saturated rings. The molecular formula is C24H19ClN2O3. The molecule has 1 amide bonds. The van der Waals surface area contributed by atoms with E-state index in [1.54, 1.807) is 13.0 Å². The minimum atomic E-state index is -0.293. The van der Waals surface area contributed by atoms with E-state index in [-0.39, 0.29) is 12.5 Å². The molecule has 1 aromatic heterocycles. The van der Waals surface area contributed by atoms with Crippen LogP contribution in [-0.4, -0.2) is 11.1 Å². The van der Waals surface area contributed by atoms with Crippen molar-refractivity contribution in [1.82, 2.24) is 10.5 Å². The van der Waals surface area contributed by atoms with Crippen molar-refractivity contribution < 1.29 is 14.1 Å². The Bertz CT molecular complexity index is 1160. The predicted molar refractivity (Wildman–Crippen MR) is 116 cm³/mol. The molecule has 3 aromatic carbocycles. The van der Waals surface area contributed by atoms with Crippen LogP contribution in [0.1, 0.15) is 21.7 Å². The number of hydrogen-bond acceptors (Lipinski definition) is 4. The molecular weight excluding hydrogens is 400 g/mol. The standard InChI is InChI=1S/C24H19ClN2O3/c1-16-22(23(27-30-16)17-9-4-2-5-10-17)24(28)26-15-19-20(25)13-8-14-21(19)29-18-11-6-3-7-12-18/h2-14H,15H2,1H3,(H,26,28). The maximum absolute atomic E-state index is 13.0. The first-order valence-corrected chi connectivity index (χ1v) is 9.81. The summed E-state index contributed by atoms with van der Waals surface area (Å²) < 4.78 is 11.3. The number of para-hydroxylation sites is 1. The number of nitrogens with zero attached hydrogens (tertiary/aromatic N) is 1. The van der Waals surface area contributed by atoms with Crippen molar-refractivity contribution in [1.29, 1.82) is 0 Å². The molecule has 4 rings (SSSR count). The smallest absolute Gasteiger partial charge is 0.257 e. The second-order valence-corrected chi connectivity index (χ2v) is 7.05. The van der Waals surface area contributed by atoms with E-state index in [4.69, 9.17) is 20.9 Å². The Morgan fingerprint density at radius 1 is 1.00 bits per heavy atom. The average Bonchev–Trinajstić information content (AvgIpc) is 3.16. The monoisotopic (exact) mass is 418 g/mol. The summed E-state index contributed by atoms with van der Waals surface area (Å²) in [4.78, 5) is 13.0. The van der Waals surface area contributed by atoms with Crippen LogP contribution in [0.2, 0.25) is 5.02 Å². The molecule has 30 heavy (non-hydrogen) atoms. The number of rotatable bonds is 6. The SMILES string of the molecule is Cc1onc(-c2ccccc2)c1C(=O)NCc1c(Cl)cccc1Oc1ccccc1. The van der Waals surface area contributed by atoms with Crippen molar-refractivity contribution in [2.75, 3.05) is 0 Å². The quantitative estimate of drug-likeness (QED) is 0.415. The zero-order chi connectivity index (χ0) is 20.9. The Hall–Kier alpha value is -3.57. The van der Waals surface area contributed by atoms with Crippen LogP contribution in [0, 0.1) is 6.92 Å². The highest BCUT2D eigenvalue weighted by Gasteiger charge is 2.22. The molecule has 0 saturated heterocycles. The zero-order valence-electron chi connectivity index (χ0n) is 16.3. The lowest BCUT2D eigenvalue weighted by molar-refractivity contribution is 0.0950. The number of amides is 1. The zero-order valence-corrected chi connectivity index (χ0v) is 17.0. The van der Waals surface area contributed by atoms with E-state index in [1.165, 1.54) is 0 Å². The van der Waals surface area contributed by atoms with Crippen molar-refractivity contribution in [3.05, 3.63) is 101 Å². The van der Waals surface area contributed by atoms with E-state index < -0.39 is 0 Å². The summed E-state index contributed by atoms with van der Waals surface area (Å²) in [6.07, 6.45) is 0. The molecule has 0 radical (unpaired) electrons.